The van der Waals surface area contributed by atoms with Gasteiger partial charge in [-0.1, -0.05) is 23.4 Å². The number of fused-ring (bicyclic) bond motifs is 1. The molecule has 7 nitrogen and oxygen atoms in total. The lowest BCUT2D eigenvalue weighted by molar-refractivity contribution is -0.141. The second-order valence-electron chi connectivity index (χ2n) is 5.84. The van der Waals surface area contributed by atoms with Crippen molar-refractivity contribution >= 4 is 9.84 Å². The first-order valence-corrected chi connectivity index (χ1v) is 8.99. The van der Waals surface area contributed by atoms with E-state index in [0.717, 1.165) is 10.7 Å². The van der Waals surface area contributed by atoms with Gasteiger partial charge in [0.25, 0.3) is 0 Å². The van der Waals surface area contributed by atoms with E-state index in [-0.39, 0.29) is 28.7 Å². The molecule has 0 bridgehead atoms. The van der Waals surface area contributed by atoms with Crippen LogP contribution in [0.4, 0.5) is 13.2 Å². The number of sulfone groups is 1. The Hall–Kier alpha value is -2.69. The minimum Gasteiger partial charge on any atom is -0.337 e. The van der Waals surface area contributed by atoms with E-state index in [1.54, 1.807) is 18.2 Å². The van der Waals surface area contributed by atoms with Crippen molar-refractivity contribution in [3.8, 4) is 11.5 Å². The lowest BCUT2D eigenvalue weighted by Gasteiger charge is -2.02. The fourth-order valence-corrected chi connectivity index (χ4v) is 4.77. The summed E-state index contributed by atoms with van der Waals surface area (Å²) >= 11 is 0. The second-order valence-corrected chi connectivity index (χ2v) is 7.94. The Kier molecular flexibility index (Phi) is 3.48. The van der Waals surface area contributed by atoms with E-state index in [4.69, 9.17) is 4.52 Å². The molecule has 1 unspecified atom stereocenters. The molecule has 26 heavy (non-hydrogen) atoms. The highest BCUT2D eigenvalue weighted by atomic mass is 32.2. The molecule has 0 amide bonds. The van der Waals surface area contributed by atoms with Gasteiger partial charge in [-0.3, -0.25) is 4.68 Å². The monoisotopic (exact) mass is 384 g/mol. The van der Waals surface area contributed by atoms with Crippen molar-refractivity contribution in [2.24, 2.45) is 7.05 Å². The van der Waals surface area contributed by atoms with Crippen molar-refractivity contribution in [3.05, 3.63) is 47.5 Å². The van der Waals surface area contributed by atoms with E-state index in [2.05, 4.69) is 15.2 Å². The normalized spacial score (nSPS) is 18.8. The summed E-state index contributed by atoms with van der Waals surface area (Å²) in [4.78, 5) is 4.21. The first-order chi connectivity index (χ1) is 12.2. The highest BCUT2D eigenvalue weighted by molar-refractivity contribution is 7.92. The van der Waals surface area contributed by atoms with Crippen LogP contribution in [0.15, 0.2) is 39.8 Å². The molecule has 0 spiro atoms. The molecule has 0 saturated carbocycles. The predicted octanol–water partition coefficient (Wildman–Crippen LogP) is 2.56. The fourth-order valence-electron chi connectivity index (χ4n) is 2.92. The summed E-state index contributed by atoms with van der Waals surface area (Å²) in [5.74, 6) is -0.317. The summed E-state index contributed by atoms with van der Waals surface area (Å²) in [7, 11) is -2.39. The summed E-state index contributed by atoms with van der Waals surface area (Å²) in [6.45, 7) is 0. The molecule has 2 aromatic heterocycles. The van der Waals surface area contributed by atoms with Crippen molar-refractivity contribution in [3.63, 3.8) is 0 Å². The van der Waals surface area contributed by atoms with Crippen LogP contribution in [0.1, 0.15) is 22.4 Å². The number of aromatic nitrogens is 4. The number of nitrogens with zero attached hydrogens (tertiary/aromatic N) is 4. The van der Waals surface area contributed by atoms with Crippen LogP contribution < -0.4 is 0 Å². The van der Waals surface area contributed by atoms with Crippen LogP contribution in [0.5, 0.6) is 0 Å². The Balaban J connectivity index is 1.72. The van der Waals surface area contributed by atoms with Gasteiger partial charge in [-0.15, -0.1) is 0 Å². The maximum atomic E-state index is 12.8. The van der Waals surface area contributed by atoms with Crippen LogP contribution in [0.3, 0.4) is 0 Å². The minimum atomic E-state index is -4.61. The summed E-state index contributed by atoms with van der Waals surface area (Å²) in [5.41, 5.74) is -0.486. The van der Waals surface area contributed by atoms with Crippen molar-refractivity contribution in [2.75, 3.05) is 0 Å². The van der Waals surface area contributed by atoms with Crippen LogP contribution in [-0.4, -0.2) is 28.3 Å². The van der Waals surface area contributed by atoms with Crippen LogP contribution >= 0.6 is 0 Å². The summed E-state index contributed by atoms with van der Waals surface area (Å²) in [5, 5.41) is 5.96. The zero-order valence-electron chi connectivity index (χ0n) is 13.2. The van der Waals surface area contributed by atoms with Crippen LogP contribution in [0.25, 0.3) is 11.5 Å². The van der Waals surface area contributed by atoms with E-state index in [9.17, 15) is 21.6 Å². The average molecular weight is 384 g/mol. The van der Waals surface area contributed by atoms with Crippen molar-refractivity contribution in [2.45, 2.75) is 22.7 Å². The van der Waals surface area contributed by atoms with Crippen LogP contribution in [-0.2, 0) is 29.5 Å². The third-order valence-corrected chi connectivity index (χ3v) is 6.30. The molecular weight excluding hydrogens is 373 g/mol. The van der Waals surface area contributed by atoms with E-state index in [1.807, 2.05) is 0 Å². The first kappa shape index (κ1) is 16.8. The molecule has 1 aromatic carbocycles. The summed E-state index contributed by atoms with van der Waals surface area (Å²) in [6.07, 6.45) is -4.45. The Morgan fingerprint density at radius 2 is 2.00 bits per heavy atom. The molecule has 1 aliphatic rings. The molecule has 0 aliphatic carbocycles. The van der Waals surface area contributed by atoms with E-state index in [0.29, 0.717) is 5.56 Å². The zero-order valence-corrected chi connectivity index (χ0v) is 14.0. The Morgan fingerprint density at radius 1 is 1.27 bits per heavy atom. The highest BCUT2D eigenvalue weighted by Gasteiger charge is 2.42. The number of benzene rings is 1. The van der Waals surface area contributed by atoms with Crippen LogP contribution in [0, 0.1) is 0 Å². The molecule has 3 heterocycles. The van der Waals surface area contributed by atoms with Crippen molar-refractivity contribution in [1.29, 1.82) is 0 Å². The SMILES string of the molecule is Cn1nc(C(F)(F)F)cc1-c1noc(C2Cc3ccccc3S2(=O)=O)n1. The largest absolute Gasteiger partial charge is 0.435 e. The Bertz CT molecular complexity index is 1100. The topological polar surface area (TPSA) is 90.9 Å². The molecule has 0 N–H and O–H groups in total. The lowest BCUT2D eigenvalue weighted by Crippen LogP contribution is -2.08. The van der Waals surface area contributed by atoms with Gasteiger partial charge in [-0.05, 0) is 24.1 Å². The summed E-state index contributed by atoms with van der Waals surface area (Å²) < 4.78 is 69.6. The fraction of sp³-hybridized carbons (Fsp3) is 0.267. The zero-order chi connectivity index (χ0) is 18.7. The van der Waals surface area contributed by atoms with Gasteiger partial charge in [0.15, 0.2) is 15.5 Å². The third kappa shape index (κ3) is 2.50. The van der Waals surface area contributed by atoms with Gasteiger partial charge in [0.05, 0.1) is 4.90 Å². The smallest absolute Gasteiger partial charge is 0.337 e. The highest BCUT2D eigenvalue weighted by Crippen LogP contribution is 2.40. The maximum Gasteiger partial charge on any atom is 0.435 e. The molecule has 1 aliphatic heterocycles. The third-order valence-electron chi connectivity index (χ3n) is 4.18. The lowest BCUT2D eigenvalue weighted by atomic mass is 10.1. The van der Waals surface area contributed by atoms with Gasteiger partial charge in [0.2, 0.25) is 11.7 Å². The van der Waals surface area contributed by atoms with Gasteiger partial charge in [-0.2, -0.15) is 23.3 Å². The Morgan fingerprint density at radius 3 is 2.65 bits per heavy atom. The molecular formula is C15H11F3N4O3S. The number of aryl methyl sites for hydroxylation is 1. The van der Waals surface area contributed by atoms with Crippen LogP contribution in [0.2, 0.25) is 0 Å². The number of hydrogen-bond donors (Lipinski definition) is 0. The molecule has 136 valence electrons. The molecule has 0 saturated heterocycles. The van der Waals surface area contributed by atoms with Crippen molar-refractivity contribution < 1.29 is 26.1 Å². The molecule has 4 rings (SSSR count). The van der Waals surface area contributed by atoms with Gasteiger partial charge in [-0.25, -0.2) is 8.42 Å². The van der Waals surface area contributed by atoms with Gasteiger partial charge in [0, 0.05) is 7.05 Å². The Labute approximate surface area is 145 Å². The van der Waals surface area contributed by atoms with Gasteiger partial charge < -0.3 is 4.52 Å². The average Bonchev–Trinajstić information content (AvgIpc) is 3.23. The van der Waals surface area contributed by atoms with Crippen molar-refractivity contribution in [1.82, 2.24) is 19.9 Å². The van der Waals surface area contributed by atoms with Gasteiger partial charge >= 0.3 is 6.18 Å². The quantitative estimate of drug-likeness (QED) is 0.674. The van der Waals surface area contributed by atoms with E-state index in [1.165, 1.54) is 13.1 Å². The first-order valence-electron chi connectivity index (χ1n) is 7.45. The number of hydrogen-bond acceptors (Lipinski definition) is 6. The second kappa shape index (κ2) is 5.40. The van der Waals surface area contributed by atoms with Gasteiger partial charge in [0.1, 0.15) is 10.9 Å². The standard InChI is InChI=1S/C15H11F3N4O3S/c1-22-9(7-12(20-22)15(16,17)18)13-19-14(25-21-13)11-6-8-4-2-3-5-10(8)26(11,23)24/h2-5,7,11H,6H2,1H3. The molecule has 11 heteroatoms. The summed E-state index contributed by atoms with van der Waals surface area (Å²) in [6, 6.07) is 7.32. The predicted molar refractivity (Wildman–Crippen MR) is 81.6 cm³/mol. The molecule has 1 atom stereocenters. The van der Waals surface area contributed by atoms with E-state index >= 15 is 0 Å². The minimum absolute atomic E-state index is 0.0276. The maximum absolute atomic E-state index is 12.8. The molecule has 3 aromatic rings. The number of rotatable bonds is 2. The number of alkyl halides is 3. The van der Waals surface area contributed by atoms with E-state index < -0.39 is 27.0 Å². The molecule has 0 radical (unpaired) electrons. The molecule has 0 fully saturated rings. The number of halogens is 3.